The summed E-state index contributed by atoms with van der Waals surface area (Å²) in [4.78, 5) is 3.78. The zero-order valence-corrected chi connectivity index (χ0v) is 8.28. The van der Waals surface area contributed by atoms with Crippen LogP contribution in [0.2, 0.25) is 0 Å². The van der Waals surface area contributed by atoms with Gasteiger partial charge in [0.25, 0.3) is 0 Å². The lowest BCUT2D eigenvalue weighted by atomic mass is 10.5. The Morgan fingerprint density at radius 3 is 1.80 bits per heavy atom. The first-order valence-corrected chi connectivity index (χ1v) is 4.85. The molecule has 0 aliphatic heterocycles. The highest BCUT2D eigenvalue weighted by Crippen LogP contribution is 1.81. The molecule has 1 rings (SSSR count). The van der Waals surface area contributed by atoms with Crippen molar-refractivity contribution in [3.8, 4) is 0 Å². The van der Waals surface area contributed by atoms with Crippen molar-refractivity contribution in [3.63, 3.8) is 0 Å². The molecule has 0 aliphatic rings. The Bertz CT molecular complexity index is 101. The van der Waals surface area contributed by atoms with Crippen molar-refractivity contribution in [3.05, 3.63) is 30.6 Å². The largest absolute Gasteiger partial charge is 0.265 e. The summed E-state index contributed by atoms with van der Waals surface area (Å²) in [6.07, 6.45) is 4.81. The van der Waals surface area contributed by atoms with Crippen LogP contribution in [0.25, 0.3) is 0 Å². The molecule has 1 heterocycles. The number of halogens is 1. The molecule has 0 bridgehead atoms. The van der Waals surface area contributed by atoms with E-state index in [4.69, 9.17) is 0 Å². The monoisotopic (exact) mass is 249 g/mol. The molecule has 0 radical (unpaired) electrons. The van der Waals surface area contributed by atoms with Gasteiger partial charge in [-0.2, -0.15) is 0 Å². The van der Waals surface area contributed by atoms with Gasteiger partial charge in [0.2, 0.25) is 0 Å². The molecular formula is C8H12IN. The normalized spacial score (nSPS) is 7.80. The molecule has 1 aromatic heterocycles. The highest BCUT2D eigenvalue weighted by molar-refractivity contribution is 14.1. The fraction of sp³-hybridized carbons (Fsp3) is 0.375. The van der Waals surface area contributed by atoms with Crippen molar-refractivity contribution in [2.24, 2.45) is 0 Å². The SMILES string of the molecule is CCCI.c1ccncc1. The summed E-state index contributed by atoms with van der Waals surface area (Å²) in [6, 6.07) is 5.72. The molecule has 1 nitrogen and oxygen atoms in total. The highest BCUT2D eigenvalue weighted by Gasteiger charge is 1.59. The maximum atomic E-state index is 3.78. The average molecular weight is 249 g/mol. The maximum absolute atomic E-state index is 3.78. The summed E-state index contributed by atoms with van der Waals surface area (Å²) in [5.41, 5.74) is 0. The van der Waals surface area contributed by atoms with Gasteiger partial charge in [-0.1, -0.05) is 35.6 Å². The third-order valence-corrected chi connectivity index (χ3v) is 1.83. The van der Waals surface area contributed by atoms with Gasteiger partial charge in [0, 0.05) is 12.4 Å². The van der Waals surface area contributed by atoms with Crippen LogP contribution in [0.15, 0.2) is 30.6 Å². The van der Waals surface area contributed by atoms with Gasteiger partial charge in [-0.05, 0) is 23.0 Å². The third kappa shape index (κ3) is 7.88. The van der Waals surface area contributed by atoms with E-state index in [1.807, 2.05) is 18.2 Å². The van der Waals surface area contributed by atoms with Gasteiger partial charge >= 0.3 is 0 Å². The Balaban J connectivity index is 0.000000180. The van der Waals surface area contributed by atoms with Crippen molar-refractivity contribution in [1.82, 2.24) is 4.98 Å². The molecule has 0 spiro atoms. The summed E-state index contributed by atoms with van der Waals surface area (Å²) in [6.45, 7) is 2.17. The van der Waals surface area contributed by atoms with E-state index in [2.05, 4.69) is 34.5 Å². The van der Waals surface area contributed by atoms with Gasteiger partial charge in [0.15, 0.2) is 0 Å². The van der Waals surface area contributed by atoms with Crippen LogP contribution in [-0.2, 0) is 0 Å². The van der Waals surface area contributed by atoms with Crippen LogP contribution in [0.1, 0.15) is 13.3 Å². The van der Waals surface area contributed by atoms with Crippen molar-refractivity contribution in [2.45, 2.75) is 13.3 Å². The second kappa shape index (κ2) is 8.88. The van der Waals surface area contributed by atoms with Gasteiger partial charge in [-0.25, -0.2) is 0 Å². The van der Waals surface area contributed by atoms with Crippen molar-refractivity contribution in [1.29, 1.82) is 0 Å². The number of hydrogen-bond donors (Lipinski definition) is 0. The quantitative estimate of drug-likeness (QED) is 0.550. The molecule has 0 amide bonds. The first-order chi connectivity index (χ1) is 4.91. The first-order valence-electron chi connectivity index (χ1n) is 3.32. The predicted octanol–water partition coefficient (Wildman–Crippen LogP) is 2.91. The minimum absolute atomic E-state index is 1.29. The molecule has 0 fully saturated rings. The molecular weight excluding hydrogens is 237 g/mol. The maximum Gasteiger partial charge on any atom is 0.0267 e. The Kier molecular flexibility index (Phi) is 8.77. The molecule has 10 heavy (non-hydrogen) atoms. The van der Waals surface area contributed by atoms with Gasteiger partial charge in [-0.3, -0.25) is 4.98 Å². The van der Waals surface area contributed by atoms with Crippen LogP contribution >= 0.6 is 22.6 Å². The number of aromatic nitrogens is 1. The summed E-state index contributed by atoms with van der Waals surface area (Å²) in [7, 11) is 0. The summed E-state index contributed by atoms with van der Waals surface area (Å²) >= 11 is 2.35. The van der Waals surface area contributed by atoms with Crippen LogP contribution in [0.4, 0.5) is 0 Å². The van der Waals surface area contributed by atoms with Crippen LogP contribution in [0.5, 0.6) is 0 Å². The topological polar surface area (TPSA) is 12.9 Å². The molecule has 2 heteroatoms. The van der Waals surface area contributed by atoms with E-state index in [9.17, 15) is 0 Å². The molecule has 1 aromatic rings. The average Bonchev–Trinajstić information content (AvgIpc) is 2.08. The Hall–Kier alpha value is -0.120. The molecule has 0 aromatic carbocycles. The molecule has 0 unspecified atom stereocenters. The van der Waals surface area contributed by atoms with E-state index < -0.39 is 0 Å². The Morgan fingerprint density at radius 1 is 1.20 bits per heavy atom. The fourth-order valence-corrected chi connectivity index (χ4v) is 0.313. The van der Waals surface area contributed by atoms with E-state index in [-0.39, 0.29) is 0 Å². The minimum atomic E-state index is 1.29. The van der Waals surface area contributed by atoms with Crippen LogP contribution in [0.3, 0.4) is 0 Å². The molecule has 0 atom stereocenters. The highest BCUT2D eigenvalue weighted by atomic mass is 127. The number of pyridine rings is 1. The molecule has 56 valence electrons. The second-order valence-corrected chi connectivity index (χ2v) is 2.79. The van der Waals surface area contributed by atoms with Crippen LogP contribution in [-0.4, -0.2) is 9.41 Å². The molecule has 0 aliphatic carbocycles. The standard InChI is InChI=1S/C5H5N.C3H7I/c1-2-4-6-5-3-1;1-2-3-4/h1-5H;2-3H2,1H3. The lowest BCUT2D eigenvalue weighted by molar-refractivity contribution is 1.13. The molecule has 0 saturated carbocycles. The van der Waals surface area contributed by atoms with Gasteiger partial charge in [0.05, 0.1) is 0 Å². The van der Waals surface area contributed by atoms with Crippen LogP contribution in [0, 0.1) is 0 Å². The summed E-state index contributed by atoms with van der Waals surface area (Å²) in [5.74, 6) is 0. The lowest BCUT2D eigenvalue weighted by Crippen LogP contribution is -1.58. The molecule has 0 saturated heterocycles. The number of alkyl halides is 1. The van der Waals surface area contributed by atoms with E-state index in [1.165, 1.54) is 10.8 Å². The fourth-order valence-electron chi connectivity index (χ4n) is 0.313. The summed E-state index contributed by atoms with van der Waals surface area (Å²) < 4.78 is 1.29. The van der Waals surface area contributed by atoms with E-state index in [0.29, 0.717) is 0 Å². The zero-order valence-electron chi connectivity index (χ0n) is 6.13. The summed E-state index contributed by atoms with van der Waals surface area (Å²) in [5, 5.41) is 0. The number of hydrogen-bond acceptors (Lipinski definition) is 1. The first kappa shape index (κ1) is 9.88. The Morgan fingerprint density at radius 2 is 1.70 bits per heavy atom. The van der Waals surface area contributed by atoms with Gasteiger partial charge in [0.1, 0.15) is 0 Å². The second-order valence-electron chi connectivity index (χ2n) is 1.71. The predicted molar refractivity (Wildman–Crippen MR) is 53.4 cm³/mol. The smallest absolute Gasteiger partial charge is 0.0267 e. The van der Waals surface area contributed by atoms with E-state index in [1.54, 1.807) is 12.4 Å². The zero-order chi connectivity index (χ0) is 7.66. The van der Waals surface area contributed by atoms with Crippen molar-refractivity contribution >= 4 is 22.6 Å². The molecule has 0 N–H and O–H groups in total. The lowest BCUT2D eigenvalue weighted by Gasteiger charge is -1.70. The number of rotatable bonds is 1. The minimum Gasteiger partial charge on any atom is -0.265 e. The van der Waals surface area contributed by atoms with Crippen molar-refractivity contribution < 1.29 is 0 Å². The van der Waals surface area contributed by atoms with Gasteiger partial charge < -0.3 is 0 Å². The van der Waals surface area contributed by atoms with E-state index in [0.717, 1.165) is 0 Å². The number of nitrogens with zero attached hydrogens (tertiary/aromatic N) is 1. The van der Waals surface area contributed by atoms with E-state index >= 15 is 0 Å². The van der Waals surface area contributed by atoms with Crippen molar-refractivity contribution in [2.75, 3.05) is 4.43 Å². The third-order valence-electron chi connectivity index (χ3n) is 0.755. The Labute approximate surface area is 76.0 Å². The van der Waals surface area contributed by atoms with Crippen LogP contribution < -0.4 is 0 Å². The van der Waals surface area contributed by atoms with Gasteiger partial charge in [-0.15, -0.1) is 0 Å².